The highest BCUT2D eigenvalue weighted by Gasteiger charge is 2.22. The van der Waals surface area contributed by atoms with Gasteiger partial charge in [0.1, 0.15) is 0 Å². The standard InChI is InChI=1S/C9H12BNO3/c12-9-4-3-8(10(13)14)6-11(9)5-7-1-2-7/h3-4,6-7,13-14H,1-2,5H2. The zero-order chi connectivity index (χ0) is 10.1. The Balaban J connectivity index is 2.26. The van der Waals surface area contributed by atoms with E-state index < -0.39 is 7.12 Å². The molecular weight excluding hydrogens is 181 g/mol. The first-order valence-electron chi connectivity index (χ1n) is 4.73. The van der Waals surface area contributed by atoms with E-state index in [1.807, 2.05) is 0 Å². The van der Waals surface area contributed by atoms with Crippen molar-refractivity contribution in [1.82, 2.24) is 4.57 Å². The van der Waals surface area contributed by atoms with Gasteiger partial charge in [-0.1, -0.05) is 6.07 Å². The Hall–Kier alpha value is -1.07. The van der Waals surface area contributed by atoms with Crippen molar-refractivity contribution in [2.75, 3.05) is 0 Å². The highest BCUT2D eigenvalue weighted by atomic mass is 16.4. The Labute approximate surface area is 82.0 Å². The first-order valence-corrected chi connectivity index (χ1v) is 4.73. The van der Waals surface area contributed by atoms with Crippen LogP contribution in [0.15, 0.2) is 23.1 Å². The van der Waals surface area contributed by atoms with Crippen molar-refractivity contribution in [2.45, 2.75) is 19.4 Å². The molecule has 1 aromatic heterocycles. The Morgan fingerprint density at radius 1 is 1.43 bits per heavy atom. The fraction of sp³-hybridized carbons (Fsp3) is 0.444. The summed E-state index contributed by atoms with van der Waals surface area (Å²) in [7, 11) is -1.50. The second-order valence-corrected chi connectivity index (χ2v) is 3.77. The second kappa shape index (κ2) is 3.59. The van der Waals surface area contributed by atoms with Crippen LogP contribution in [-0.4, -0.2) is 21.7 Å². The summed E-state index contributed by atoms with van der Waals surface area (Å²) in [5.74, 6) is 0.596. The van der Waals surface area contributed by atoms with Crippen LogP contribution in [-0.2, 0) is 6.54 Å². The second-order valence-electron chi connectivity index (χ2n) is 3.77. The van der Waals surface area contributed by atoms with Gasteiger partial charge >= 0.3 is 7.12 Å². The van der Waals surface area contributed by atoms with E-state index in [0.717, 1.165) is 0 Å². The fourth-order valence-electron chi connectivity index (χ4n) is 1.42. The van der Waals surface area contributed by atoms with Crippen molar-refractivity contribution in [1.29, 1.82) is 0 Å². The summed E-state index contributed by atoms with van der Waals surface area (Å²) in [6, 6.07) is 2.81. The molecule has 1 aliphatic rings. The highest BCUT2D eigenvalue weighted by Crippen LogP contribution is 2.29. The molecule has 0 unspecified atom stereocenters. The van der Waals surface area contributed by atoms with Gasteiger partial charge in [-0.15, -0.1) is 0 Å². The molecule has 2 N–H and O–H groups in total. The predicted molar refractivity (Wildman–Crippen MR) is 53.3 cm³/mol. The lowest BCUT2D eigenvalue weighted by Gasteiger charge is -2.06. The van der Waals surface area contributed by atoms with Crippen LogP contribution in [0, 0.1) is 5.92 Å². The monoisotopic (exact) mass is 193 g/mol. The van der Waals surface area contributed by atoms with Gasteiger partial charge in [0.2, 0.25) is 5.56 Å². The normalized spacial score (nSPS) is 15.6. The maximum atomic E-state index is 11.4. The molecule has 4 nitrogen and oxygen atoms in total. The molecule has 1 aromatic rings. The van der Waals surface area contributed by atoms with Crippen molar-refractivity contribution in [3.8, 4) is 0 Å². The third-order valence-corrected chi connectivity index (χ3v) is 2.46. The summed E-state index contributed by atoms with van der Waals surface area (Å²) in [6.07, 6.45) is 3.85. The molecule has 1 heterocycles. The van der Waals surface area contributed by atoms with Crippen LogP contribution in [0.1, 0.15) is 12.8 Å². The van der Waals surface area contributed by atoms with Crippen molar-refractivity contribution in [3.05, 3.63) is 28.7 Å². The average molecular weight is 193 g/mol. The SMILES string of the molecule is O=c1ccc(B(O)O)cn1CC1CC1. The average Bonchev–Trinajstić information content (AvgIpc) is 2.92. The van der Waals surface area contributed by atoms with Crippen LogP contribution >= 0.6 is 0 Å². The van der Waals surface area contributed by atoms with Crippen molar-refractivity contribution in [2.24, 2.45) is 5.92 Å². The van der Waals surface area contributed by atoms with Crippen molar-refractivity contribution < 1.29 is 10.0 Å². The van der Waals surface area contributed by atoms with Crippen LogP contribution in [0.25, 0.3) is 0 Å². The zero-order valence-corrected chi connectivity index (χ0v) is 7.76. The summed E-state index contributed by atoms with van der Waals surface area (Å²) in [4.78, 5) is 11.4. The van der Waals surface area contributed by atoms with Crippen LogP contribution < -0.4 is 11.0 Å². The van der Waals surface area contributed by atoms with E-state index in [1.54, 1.807) is 4.57 Å². The predicted octanol–water partition coefficient (Wildman–Crippen LogP) is -1.06. The molecule has 0 amide bonds. The van der Waals surface area contributed by atoms with E-state index in [0.29, 0.717) is 17.9 Å². The van der Waals surface area contributed by atoms with Gasteiger partial charge in [0.15, 0.2) is 0 Å². The minimum Gasteiger partial charge on any atom is -0.423 e. The minimum atomic E-state index is -1.50. The lowest BCUT2D eigenvalue weighted by Crippen LogP contribution is -2.34. The molecule has 0 bridgehead atoms. The van der Waals surface area contributed by atoms with E-state index in [1.165, 1.54) is 31.2 Å². The molecule has 5 heteroatoms. The Morgan fingerprint density at radius 3 is 2.71 bits per heavy atom. The molecular formula is C9H12BNO3. The summed E-state index contributed by atoms with van der Waals surface area (Å²) >= 11 is 0. The van der Waals surface area contributed by atoms with Gasteiger partial charge in [-0.05, 0) is 24.2 Å². The third kappa shape index (κ3) is 2.05. The smallest absolute Gasteiger partial charge is 0.423 e. The molecule has 2 rings (SSSR count). The minimum absolute atomic E-state index is 0.0821. The molecule has 0 spiro atoms. The van der Waals surface area contributed by atoms with Crippen LogP contribution in [0.5, 0.6) is 0 Å². The maximum absolute atomic E-state index is 11.4. The molecule has 1 saturated carbocycles. The summed E-state index contributed by atoms with van der Waals surface area (Å²) in [5.41, 5.74) is 0.284. The summed E-state index contributed by atoms with van der Waals surface area (Å²) in [6.45, 7) is 0.694. The number of hydrogen-bond acceptors (Lipinski definition) is 3. The molecule has 14 heavy (non-hydrogen) atoms. The van der Waals surface area contributed by atoms with Gasteiger partial charge in [-0.2, -0.15) is 0 Å². The Morgan fingerprint density at radius 2 is 2.14 bits per heavy atom. The number of hydrogen-bond donors (Lipinski definition) is 2. The lowest BCUT2D eigenvalue weighted by atomic mass is 9.82. The topological polar surface area (TPSA) is 62.5 Å². The van der Waals surface area contributed by atoms with Gasteiger partial charge in [-0.3, -0.25) is 4.79 Å². The van der Waals surface area contributed by atoms with Crippen LogP contribution in [0.4, 0.5) is 0 Å². The van der Waals surface area contributed by atoms with Gasteiger partial charge in [0, 0.05) is 18.8 Å². The number of pyridine rings is 1. The van der Waals surface area contributed by atoms with Crippen molar-refractivity contribution >= 4 is 12.6 Å². The van der Waals surface area contributed by atoms with E-state index >= 15 is 0 Å². The van der Waals surface area contributed by atoms with Crippen molar-refractivity contribution in [3.63, 3.8) is 0 Å². The first kappa shape index (κ1) is 9.49. The molecule has 0 radical (unpaired) electrons. The number of rotatable bonds is 3. The molecule has 1 aliphatic carbocycles. The summed E-state index contributed by atoms with van der Waals surface area (Å²) < 4.78 is 1.55. The third-order valence-electron chi connectivity index (χ3n) is 2.46. The maximum Gasteiger partial charge on any atom is 0.489 e. The Kier molecular flexibility index (Phi) is 2.43. The van der Waals surface area contributed by atoms with Crippen LogP contribution in [0.2, 0.25) is 0 Å². The zero-order valence-electron chi connectivity index (χ0n) is 7.76. The largest absolute Gasteiger partial charge is 0.489 e. The highest BCUT2D eigenvalue weighted by molar-refractivity contribution is 6.58. The van der Waals surface area contributed by atoms with E-state index in [2.05, 4.69) is 0 Å². The van der Waals surface area contributed by atoms with E-state index in [4.69, 9.17) is 10.0 Å². The quantitative estimate of drug-likeness (QED) is 0.601. The van der Waals surface area contributed by atoms with Gasteiger partial charge < -0.3 is 14.6 Å². The molecule has 0 atom stereocenters. The van der Waals surface area contributed by atoms with E-state index in [-0.39, 0.29) is 5.56 Å². The molecule has 0 aromatic carbocycles. The first-order chi connectivity index (χ1) is 6.66. The van der Waals surface area contributed by atoms with Gasteiger partial charge in [0.05, 0.1) is 0 Å². The fourth-order valence-corrected chi connectivity index (χ4v) is 1.42. The lowest BCUT2D eigenvalue weighted by molar-refractivity contribution is 0.425. The Bertz CT molecular complexity index is 384. The molecule has 74 valence electrons. The van der Waals surface area contributed by atoms with Crippen LogP contribution in [0.3, 0.4) is 0 Å². The molecule has 0 saturated heterocycles. The number of aromatic nitrogens is 1. The molecule has 0 aliphatic heterocycles. The van der Waals surface area contributed by atoms with Gasteiger partial charge in [-0.25, -0.2) is 0 Å². The molecule has 1 fully saturated rings. The van der Waals surface area contributed by atoms with Gasteiger partial charge in [0.25, 0.3) is 0 Å². The number of nitrogens with zero attached hydrogens (tertiary/aromatic N) is 1. The summed E-state index contributed by atoms with van der Waals surface area (Å²) in [5, 5.41) is 17.9. The van der Waals surface area contributed by atoms with E-state index in [9.17, 15) is 4.79 Å².